The molecule has 0 aliphatic rings. The van der Waals surface area contributed by atoms with Gasteiger partial charge < -0.3 is 9.47 Å². The van der Waals surface area contributed by atoms with Crippen molar-refractivity contribution in [1.82, 2.24) is 0 Å². The molecule has 0 spiro atoms. The summed E-state index contributed by atoms with van der Waals surface area (Å²) in [6, 6.07) is 16.4. The quantitative estimate of drug-likeness (QED) is 0.596. The van der Waals surface area contributed by atoms with Crippen molar-refractivity contribution in [3.8, 4) is 16.9 Å². The molecule has 94 valence electrons. The lowest BCUT2D eigenvalue weighted by molar-refractivity contribution is 0.0511. The molecule has 0 unspecified atom stereocenters. The van der Waals surface area contributed by atoms with Crippen molar-refractivity contribution >= 4 is 11.8 Å². The summed E-state index contributed by atoms with van der Waals surface area (Å²) in [6.07, 6.45) is 2.09. The molecule has 0 aliphatic carbocycles. The Balaban J connectivity index is 2.32. The van der Waals surface area contributed by atoms with Gasteiger partial charge in [0, 0.05) is 12.0 Å². The van der Waals surface area contributed by atoms with Gasteiger partial charge in [0.1, 0.15) is 5.75 Å². The van der Waals surface area contributed by atoms with Crippen molar-refractivity contribution in [3.63, 3.8) is 0 Å². The second-order valence-electron chi connectivity index (χ2n) is 3.78. The van der Waals surface area contributed by atoms with Crippen LogP contribution in [0.5, 0.6) is 5.75 Å². The van der Waals surface area contributed by atoms with Crippen LogP contribution in [0, 0.1) is 0 Å². The highest BCUT2D eigenvalue weighted by molar-refractivity contribution is 7.98. The SMILES string of the molecule is COCOc1cccc(-c2ccccc2SC)c1. The highest BCUT2D eigenvalue weighted by Crippen LogP contribution is 2.31. The average molecular weight is 260 g/mol. The van der Waals surface area contributed by atoms with Gasteiger partial charge in [-0.2, -0.15) is 0 Å². The zero-order valence-corrected chi connectivity index (χ0v) is 11.4. The number of hydrogen-bond acceptors (Lipinski definition) is 3. The molecule has 0 saturated carbocycles. The first-order chi connectivity index (χ1) is 8.85. The van der Waals surface area contributed by atoms with Crippen molar-refractivity contribution in [2.45, 2.75) is 4.90 Å². The molecule has 2 nitrogen and oxygen atoms in total. The van der Waals surface area contributed by atoms with Gasteiger partial charge in [0.15, 0.2) is 6.79 Å². The third kappa shape index (κ3) is 3.06. The molecular formula is C15H16O2S. The third-order valence-corrected chi connectivity index (χ3v) is 3.39. The first kappa shape index (κ1) is 13.0. The Morgan fingerprint density at radius 2 is 1.89 bits per heavy atom. The van der Waals surface area contributed by atoms with E-state index in [1.807, 2.05) is 18.2 Å². The molecule has 0 aromatic heterocycles. The Hall–Kier alpha value is -1.45. The van der Waals surface area contributed by atoms with Crippen molar-refractivity contribution in [2.24, 2.45) is 0 Å². The number of methoxy groups -OCH3 is 1. The molecular weight excluding hydrogens is 244 g/mol. The standard InChI is InChI=1S/C15H16O2S/c1-16-11-17-13-7-5-6-12(10-13)14-8-3-4-9-15(14)18-2/h3-10H,11H2,1-2H3. The second-order valence-corrected chi connectivity index (χ2v) is 4.63. The fourth-order valence-electron chi connectivity index (χ4n) is 1.76. The highest BCUT2D eigenvalue weighted by atomic mass is 32.2. The summed E-state index contributed by atoms with van der Waals surface area (Å²) in [5.74, 6) is 0.824. The Kier molecular flexibility index (Phi) is 4.67. The normalized spacial score (nSPS) is 10.3. The number of hydrogen-bond donors (Lipinski definition) is 0. The highest BCUT2D eigenvalue weighted by Gasteiger charge is 2.04. The van der Waals surface area contributed by atoms with Gasteiger partial charge in [-0.25, -0.2) is 0 Å². The van der Waals surface area contributed by atoms with Crippen LogP contribution in [0.1, 0.15) is 0 Å². The molecule has 2 aromatic rings. The van der Waals surface area contributed by atoms with E-state index in [1.54, 1.807) is 18.9 Å². The molecule has 0 heterocycles. The minimum Gasteiger partial charge on any atom is -0.468 e. The van der Waals surface area contributed by atoms with E-state index in [-0.39, 0.29) is 6.79 Å². The monoisotopic (exact) mass is 260 g/mol. The van der Waals surface area contributed by atoms with Crippen LogP contribution in [-0.2, 0) is 4.74 Å². The van der Waals surface area contributed by atoms with Crippen molar-refractivity contribution in [3.05, 3.63) is 48.5 Å². The van der Waals surface area contributed by atoms with Gasteiger partial charge in [-0.15, -0.1) is 11.8 Å². The summed E-state index contributed by atoms with van der Waals surface area (Å²) in [5.41, 5.74) is 2.39. The van der Waals surface area contributed by atoms with E-state index >= 15 is 0 Å². The van der Waals surface area contributed by atoms with Crippen LogP contribution >= 0.6 is 11.8 Å². The Morgan fingerprint density at radius 1 is 1.06 bits per heavy atom. The van der Waals surface area contributed by atoms with Gasteiger partial charge in [-0.3, -0.25) is 0 Å². The van der Waals surface area contributed by atoms with Gasteiger partial charge >= 0.3 is 0 Å². The van der Waals surface area contributed by atoms with Crippen LogP contribution in [0.25, 0.3) is 11.1 Å². The van der Waals surface area contributed by atoms with Crippen LogP contribution in [-0.4, -0.2) is 20.2 Å². The lowest BCUT2D eigenvalue weighted by Gasteiger charge is -2.09. The molecule has 2 rings (SSSR count). The minimum absolute atomic E-state index is 0.271. The van der Waals surface area contributed by atoms with E-state index in [2.05, 4.69) is 36.6 Å². The summed E-state index contributed by atoms with van der Waals surface area (Å²) >= 11 is 1.75. The Morgan fingerprint density at radius 3 is 2.67 bits per heavy atom. The van der Waals surface area contributed by atoms with Gasteiger partial charge in [-0.1, -0.05) is 30.3 Å². The zero-order valence-electron chi connectivity index (χ0n) is 10.6. The zero-order chi connectivity index (χ0) is 12.8. The summed E-state index contributed by atoms with van der Waals surface area (Å²) < 4.78 is 10.4. The number of rotatable bonds is 5. The topological polar surface area (TPSA) is 18.5 Å². The van der Waals surface area contributed by atoms with Crippen LogP contribution in [0.2, 0.25) is 0 Å². The number of ether oxygens (including phenoxy) is 2. The molecule has 0 atom stereocenters. The third-order valence-electron chi connectivity index (χ3n) is 2.60. The summed E-state index contributed by atoms with van der Waals surface area (Å²) in [7, 11) is 1.62. The molecule has 0 radical (unpaired) electrons. The summed E-state index contributed by atoms with van der Waals surface area (Å²) in [4.78, 5) is 1.27. The van der Waals surface area contributed by atoms with Gasteiger partial charge in [0.25, 0.3) is 0 Å². The fourth-order valence-corrected chi connectivity index (χ4v) is 2.38. The largest absolute Gasteiger partial charge is 0.468 e. The molecule has 0 N–H and O–H groups in total. The first-order valence-electron chi connectivity index (χ1n) is 5.70. The van der Waals surface area contributed by atoms with Gasteiger partial charge in [0.05, 0.1) is 0 Å². The van der Waals surface area contributed by atoms with E-state index in [1.165, 1.54) is 10.5 Å². The maximum absolute atomic E-state index is 5.46. The Labute approximate surface area is 112 Å². The van der Waals surface area contributed by atoms with E-state index < -0.39 is 0 Å². The average Bonchev–Trinajstić information content (AvgIpc) is 2.45. The molecule has 0 aliphatic heterocycles. The molecule has 0 saturated heterocycles. The fraction of sp³-hybridized carbons (Fsp3) is 0.200. The molecule has 0 amide bonds. The second kappa shape index (κ2) is 6.47. The molecule has 0 fully saturated rings. The predicted molar refractivity (Wildman–Crippen MR) is 76.2 cm³/mol. The molecule has 18 heavy (non-hydrogen) atoms. The lowest BCUT2D eigenvalue weighted by atomic mass is 10.1. The number of benzene rings is 2. The van der Waals surface area contributed by atoms with E-state index in [9.17, 15) is 0 Å². The van der Waals surface area contributed by atoms with Crippen LogP contribution in [0.3, 0.4) is 0 Å². The smallest absolute Gasteiger partial charge is 0.188 e. The van der Waals surface area contributed by atoms with Crippen molar-refractivity contribution in [1.29, 1.82) is 0 Å². The van der Waals surface area contributed by atoms with Gasteiger partial charge in [0.2, 0.25) is 0 Å². The predicted octanol–water partition coefficient (Wildman–Crippen LogP) is 4.06. The van der Waals surface area contributed by atoms with Crippen molar-refractivity contribution in [2.75, 3.05) is 20.2 Å². The summed E-state index contributed by atoms with van der Waals surface area (Å²) in [6.45, 7) is 0.271. The molecule has 3 heteroatoms. The first-order valence-corrected chi connectivity index (χ1v) is 6.93. The maximum atomic E-state index is 5.46. The van der Waals surface area contributed by atoms with Crippen molar-refractivity contribution < 1.29 is 9.47 Å². The summed E-state index contributed by atoms with van der Waals surface area (Å²) in [5, 5.41) is 0. The maximum Gasteiger partial charge on any atom is 0.188 e. The van der Waals surface area contributed by atoms with Crippen LogP contribution < -0.4 is 4.74 Å². The van der Waals surface area contributed by atoms with E-state index in [0.717, 1.165) is 11.3 Å². The van der Waals surface area contributed by atoms with Gasteiger partial charge in [-0.05, 0) is 35.6 Å². The van der Waals surface area contributed by atoms with E-state index in [0.29, 0.717) is 0 Å². The lowest BCUT2D eigenvalue weighted by Crippen LogP contribution is -1.98. The molecule has 0 bridgehead atoms. The minimum atomic E-state index is 0.271. The van der Waals surface area contributed by atoms with Crippen LogP contribution in [0.15, 0.2) is 53.4 Å². The molecule has 2 aromatic carbocycles. The Bertz CT molecular complexity index is 511. The van der Waals surface area contributed by atoms with Crippen LogP contribution in [0.4, 0.5) is 0 Å². The number of thioether (sulfide) groups is 1. The van der Waals surface area contributed by atoms with E-state index in [4.69, 9.17) is 9.47 Å².